The Kier molecular flexibility index (Phi) is 2.68. The van der Waals surface area contributed by atoms with E-state index in [4.69, 9.17) is 4.42 Å². The molecule has 0 aliphatic heterocycles. The largest absolute Gasteiger partial charge is 0.458 e. The molecule has 19 heavy (non-hydrogen) atoms. The van der Waals surface area contributed by atoms with Crippen LogP contribution < -0.4 is 0 Å². The third kappa shape index (κ3) is 1.94. The highest BCUT2D eigenvalue weighted by molar-refractivity contribution is 5.78. The van der Waals surface area contributed by atoms with Gasteiger partial charge in [-0.15, -0.1) is 0 Å². The highest BCUT2D eigenvalue weighted by Crippen LogP contribution is 2.29. The van der Waals surface area contributed by atoms with E-state index in [9.17, 15) is 5.11 Å². The van der Waals surface area contributed by atoms with Gasteiger partial charge in [0, 0.05) is 23.7 Å². The van der Waals surface area contributed by atoms with E-state index in [0.29, 0.717) is 5.76 Å². The fraction of sp³-hybridized carbons (Fsp3) is 0.267. The van der Waals surface area contributed by atoms with Crippen LogP contribution in [0.5, 0.6) is 0 Å². The molecule has 98 valence electrons. The molecule has 0 radical (unpaired) electrons. The lowest BCUT2D eigenvalue weighted by Crippen LogP contribution is -2.00. The molecule has 3 aromatic rings. The van der Waals surface area contributed by atoms with E-state index >= 15 is 0 Å². The van der Waals surface area contributed by atoms with E-state index < -0.39 is 6.10 Å². The summed E-state index contributed by atoms with van der Waals surface area (Å²) in [5.74, 6) is 0.553. The maximum absolute atomic E-state index is 10.4. The number of aromatic nitrogens is 2. The minimum Gasteiger partial charge on any atom is -0.458 e. The number of fused-ring (bicyclic) bond motifs is 1. The molecule has 0 aliphatic rings. The van der Waals surface area contributed by atoms with Crippen LogP contribution in [0.1, 0.15) is 28.7 Å². The molecule has 4 heteroatoms. The quantitative estimate of drug-likeness (QED) is 0.767. The predicted octanol–water partition coefficient (Wildman–Crippen LogP) is 2.86. The fourth-order valence-electron chi connectivity index (χ4n) is 2.26. The third-order valence-corrected chi connectivity index (χ3v) is 3.53. The molecule has 0 saturated heterocycles. The maximum Gasteiger partial charge on any atom is 0.140 e. The molecule has 0 fully saturated rings. The predicted molar refractivity (Wildman–Crippen MR) is 73.0 cm³/mol. The summed E-state index contributed by atoms with van der Waals surface area (Å²) in [6, 6.07) is 7.86. The third-order valence-electron chi connectivity index (χ3n) is 3.53. The van der Waals surface area contributed by atoms with Crippen LogP contribution in [0.15, 0.2) is 34.9 Å². The maximum atomic E-state index is 10.4. The van der Waals surface area contributed by atoms with Gasteiger partial charge < -0.3 is 9.52 Å². The summed E-state index contributed by atoms with van der Waals surface area (Å²) in [6.07, 6.45) is 0.903. The van der Waals surface area contributed by atoms with Crippen LogP contribution in [-0.2, 0) is 7.05 Å². The summed E-state index contributed by atoms with van der Waals surface area (Å²) >= 11 is 0. The molecule has 0 amide bonds. The van der Waals surface area contributed by atoms with Crippen molar-refractivity contribution in [2.45, 2.75) is 20.0 Å². The second kappa shape index (κ2) is 4.24. The van der Waals surface area contributed by atoms with Crippen LogP contribution in [0.2, 0.25) is 0 Å². The van der Waals surface area contributed by atoms with E-state index in [0.717, 1.165) is 22.2 Å². The Morgan fingerprint density at radius 2 is 2.05 bits per heavy atom. The first kappa shape index (κ1) is 12.0. The second-order valence-corrected chi connectivity index (χ2v) is 4.90. The Morgan fingerprint density at radius 1 is 1.26 bits per heavy atom. The number of hydrogen-bond donors (Lipinski definition) is 1. The lowest BCUT2D eigenvalue weighted by molar-refractivity contribution is 0.191. The number of nitrogens with zero attached hydrogens (tertiary/aromatic N) is 2. The topological polar surface area (TPSA) is 51.2 Å². The zero-order valence-corrected chi connectivity index (χ0v) is 11.2. The summed E-state index contributed by atoms with van der Waals surface area (Å²) in [6.45, 7) is 3.96. The van der Waals surface area contributed by atoms with Crippen molar-refractivity contribution < 1.29 is 9.52 Å². The highest BCUT2D eigenvalue weighted by Gasteiger charge is 2.19. The molecular weight excluding hydrogens is 240 g/mol. The van der Waals surface area contributed by atoms with Crippen molar-refractivity contribution >= 4 is 11.0 Å². The van der Waals surface area contributed by atoms with Crippen LogP contribution >= 0.6 is 0 Å². The number of aryl methyl sites for hydroxylation is 2. The first-order valence-corrected chi connectivity index (χ1v) is 6.23. The van der Waals surface area contributed by atoms with E-state index in [2.05, 4.69) is 5.10 Å². The van der Waals surface area contributed by atoms with Gasteiger partial charge in [0.1, 0.15) is 17.4 Å². The van der Waals surface area contributed by atoms with Gasteiger partial charge in [-0.05, 0) is 32.0 Å². The van der Waals surface area contributed by atoms with Crippen molar-refractivity contribution in [3.63, 3.8) is 0 Å². The summed E-state index contributed by atoms with van der Waals surface area (Å²) in [7, 11) is 1.85. The Morgan fingerprint density at radius 3 is 2.74 bits per heavy atom. The standard InChI is InChI=1S/C15H16N2O2/c1-9-4-5-13-11(6-9)7-14(19-13)15(18)12-8-16-17(3)10(12)2/h4-8,15,18H,1-3H3. The van der Waals surface area contributed by atoms with Gasteiger partial charge in [0.05, 0.1) is 6.20 Å². The number of benzene rings is 1. The minimum absolute atomic E-state index is 0.553. The van der Waals surface area contributed by atoms with Crippen molar-refractivity contribution in [1.29, 1.82) is 0 Å². The zero-order valence-electron chi connectivity index (χ0n) is 11.2. The Bertz CT molecular complexity index is 740. The molecule has 1 N–H and O–H groups in total. The summed E-state index contributed by atoms with van der Waals surface area (Å²) in [4.78, 5) is 0. The van der Waals surface area contributed by atoms with Gasteiger partial charge in [0.2, 0.25) is 0 Å². The second-order valence-electron chi connectivity index (χ2n) is 4.90. The fourth-order valence-corrected chi connectivity index (χ4v) is 2.26. The monoisotopic (exact) mass is 256 g/mol. The molecule has 1 unspecified atom stereocenters. The van der Waals surface area contributed by atoms with Gasteiger partial charge >= 0.3 is 0 Å². The average Bonchev–Trinajstić information content (AvgIpc) is 2.93. The zero-order chi connectivity index (χ0) is 13.6. The van der Waals surface area contributed by atoms with Gasteiger partial charge in [-0.1, -0.05) is 11.6 Å². The normalized spacial score (nSPS) is 13.1. The minimum atomic E-state index is -0.776. The Balaban J connectivity index is 2.06. The summed E-state index contributed by atoms with van der Waals surface area (Å²) in [5, 5.41) is 15.6. The van der Waals surface area contributed by atoms with Gasteiger partial charge in [-0.3, -0.25) is 4.68 Å². The van der Waals surface area contributed by atoms with Crippen molar-refractivity contribution in [1.82, 2.24) is 9.78 Å². The van der Waals surface area contributed by atoms with E-state index in [-0.39, 0.29) is 0 Å². The number of aliphatic hydroxyl groups is 1. The van der Waals surface area contributed by atoms with E-state index in [1.54, 1.807) is 10.9 Å². The Labute approximate surface area is 111 Å². The first-order chi connectivity index (χ1) is 9.06. The average molecular weight is 256 g/mol. The van der Waals surface area contributed by atoms with Crippen LogP contribution in [0.3, 0.4) is 0 Å². The molecule has 2 heterocycles. The van der Waals surface area contributed by atoms with Crippen molar-refractivity contribution in [2.24, 2.45) is 7.05 Å². The van der Waals surface area contributed by atoms with Gasteiger partial charge in [0.15, 0.2) is 0 Å². The summed E-state index contributed by atoms with van der Waals surface area (Å²) < 4.78 is 7.46. The lowest BCUT2D eigenvalue weighted by Gasteiger charge is -2.06. The molecule has 0 aliphatic carbocycles. The number of hydrogen-bond acceptors (Lipinski definition) is 3. The molecule has 1 aromatic carbocycles. The van der Waals surface area contributed by atoms with Gasteiger partial charge in [-0.2, -0.15) is 5.10 Å². The van der Waals surface area contributed by atoms with Crippen LogP contribution in [0.4, 0.5) is 0 Å². The lowest BCUT2D eigenvalue weighted by atomic mass is 10.1. The smallest absolute Gasteiger partial charge is 0.140 e. The molecule has 0 spiro atoms. The van der Waals surface area contributed by atoms with Crippen LogP contribution in [0, 0.1) is 13.8 Å². The first-order valence-electron chi connectivity index (χ1n) is 6.23. The van der Waals surface area contributed by atoms with Crippen molar-refractivity contribution in [3.8, 4) is 0 Å². The van der Waals surface area contributed by atoms with Gasteiger partial charge in [-0.25, -0.2) is 0 Å². The van der Waals surface area contributed by atoms with E-state index in [1.807, 2.05) is 45.2 Å². The number of aliphatic hydroxyl groups excluding tert-OH is 1. The van der Waals surface area contributed by atoms with E-state index in [1.165, 1.54) is 5.56 Å². The van der Waals surface area contributed by atoms with Crippen molar-refractivity contribution in [3.05, 3.63) is 53.0 Å². The molecule has 3 rings (SSSR count). The number of furan rings is 1. The Hall–Kier alpha value is -2.07. The summed E-state index contributed by atoms with van der Waals surface area (Å²) in [5.41, 5.74) is 3.68. The van der Waals surface area contributed by atoms with Crippen molar-refractivity contribution in [2.75, 3.05) is 0 Å². The number of rotatable bonds is 2. The highest BCUT2D eigenvalue weighted by atomic mass is 16.4. The van der Waals surface area contributed by atoms with Crippen LogP contribution in [0.25, 0.3) is 11.0 Å². The SMILES string of the molecule is Cc1ccc2oc(C(O)c3cnn(C)c3C)cc2c1. The molecule has 2 aromatic heterocycles. The van der Waals surface area contributed by atoms with Crippen LogP contribution in [-0.4, -0.2) is 14.9 Å². The molecule has 0 saturated carbocycles. The van der Waals surface area contributed by atoms with Gasteiger partial charge in [0.25, 0.3) is 0 Å². The molecular formula is C15H16N2O2. The molecule has 1 atom stereocenters. The molecule has 4 nitrogen and oxygen atoms in total. The molecule has 0 bridgehead atoms.